The molecular formula is C16H17ClFN. The molecule has 0 heterocycles. The third-order valence-corrected chi connectivity index (χ3v) is 3.44. The fraction of sp³-hybridized carbons (Fsp3) is 0.250. The molecule has 0 saturated heterocycles. The smallest absolute Gasteiger partial charge is 0.128 e. The van der Waals surface area contributed by atoms with Crippen molar-refractivity contribution in [2.75, 3.05) is 7.05 Å². The number of nitrogens with one attached hydrogen (secondary N) is 1. The van der Waals surface area contributed by atoms with Gasteiger partial charge in [0.2, 0.25) is 0 Å². The molecule has 0 saturated carbocycles. The first-order valence-corrected chi connectivity index (χ1v) is 6.65. The van der Waals surface area contributed by atoms with Crippen LogP contribution < -0.4 is 5.32 Å². The normalized spacial score (nSPS) is 12.4. The summed E-state index contributed by atoms with van der Waals surface area (Å²) in [5.74, 6) is -0.165. The number of hydrogen-bond donors (Lipinski definition) is 1. The van der Waals surface area contributed by atoms with Gasteiger partial charge in [0.15, 0.2) is 0 Å². The van der Waals surface area contributed by atoms with E-state index in [4.69, 9.17) is 11.6 Å². The molecule has 0 aliphatic rings. The minimum Gasteiger partial charge on any atom is -0.313 e. The molecule has 0 radical (unpaired) electrons. The van der Waals surface area contributed by atoms with Crippen molar-refractivity contribution in [1.82, 2.24) is 5.32 Å². The van der Waals surface area contributed by atoms with Crippen LogP contribution in [0.3, 0.4) is 0 Å². The molecule has 3 heteroatoms. The van der Waals surface area contributed by atoms with Crippen molar-refractivity contribution in [2.45, 2.75) is 19.4 Å². The van der Waals surface area contributed by atoms with Crippen LogP contribution in [0.15, 0.2) is 42.5 Å². The summed E-state index contributed by atoms with van der Waals surface area (Å²) in [6, 6.07) is 13.0. The van der Waals surface area contributed by atoms with E-state index >= 15 is 0 Å². The minimum absolute atomic E-state index is 0.0564. The van der Waals surface area contributed by atoms with Gasteiger partial charge < -0.3 is 5.32 Å². The molecule has 2 rings (SSSR count). The van der Waals surface area contributed by atoms with Gasteiger partial charge in [-0.2, -0.15) is 0 Å². The van der Waals surface area contributed by atoms with Crippen LogP contribution >= 0.6 is 11.6 Å². The Morgan fingerprint density at radius 1 is 1.21 bits per heavy atom. The summed E-state index contributed by atoms with van der Waals surface area (Å²) in [5.41, 5.74) is 2.71. The van der Waals surface area contributed by atoms with E-state index in [1.807, 2.05) is 50.4 Å². The van der Waals surface area contributed by atoms with Crippen LogP contribution in [0.1, 0.15) is 22.7 Å². The predicted molar refractivity (Wildman–Crippen MR) is 78.1 cm³/mol. The van der Waals surface area contributed by atoms with E-state index < -0.39 is 0 Å². The molecule has 2 aromatic rings. The monoisotopic (exact) mass is 277 g/mol. The zero-order valence-electron chi connectivity index (χ0n) is 11.1. The number of benzene rings is 2. The Bertz CT molecular complexity index is 568. The van der Waals surface area contributed by atoms with Crippen molar-refractivity contribution < 1.29 is 4.39 Å². The number of hydrogen-bond acceptors (Lipinski definition) is 1. The molecule has 0 spiro atoms. The van der Waals surface area contributed by atoms with E-state index in [0.717, 1.165) is 11.1 Å². The molecule has 2 aromatic carbocycles. The van der Waals surface area contributed by atoms with Crippen molar-refractivity contribution >= 4 is 11.6 Å². The second-order valence-corrected chi connectivity index (χ2v) is 5.14. The Labute approximate surface area is 118 Å². The lowest BCUT2D eigenvalue weighted by Crippen LogP contribution is -2.20. The lowest BCUT2D eigenvalue weighted by atomic mass is 9.97. The third-order valence-electron chi connectivity index (χ3n) is 3.21. The fourth-order valence-corrected chi connectivity index (χ4v) is 2.39. The maximum Gasteiger partial charge on any atom is 0.128 e. The van der Waals surface area contributed by atoms with Crippen molar-refractivity contribution in [1.29, 1.82) is 0 Å². The number of likely N-dealkylation sites (N-methyl/N-ethyl adjacent to an activating group) is 1. The fourth-order valence-electron chi connectivity index (χ4n) is 2.18. The maximum atomic E-state index is 14.0. The zero-order chi connectivity index (χ0) is 13.8. The standard InChI is InChI=1S/C16H17ClFN/c1-11-6-7-14(15(18)8-11)16(19-2)10-12-4-3-5-13(17)9-12/h3-9,16,19H,10H2,1-2H3. The predicted octanol–water partition coefficient (Wildman–Crippen LogP) is 4.29. The van der Waals surface area contributed by atoms with E-state index in [-0.39, 0.29) is 11.9 Å². The molecule has 1 N–H and O–H groups in total. The Balaban J connectivity index is 2.25. The minimum atomic E-state index is -0.165. The average Bonchev–Trinajstić information content (AvgIpc) is 2.37. The van der Waals surface area contributed by atoms with Gasteiger partial charge >= 0.3 is 0 Å². The van der Waals surface area contributed by atoms with Gasteiger partial charge in [0, 0.05) is 16.6 Å². The summed E-state index contributed by atoms with van der Waals surface area (Å²) in [7, 11) is 1.84. The van der Waals surface area contributed by atoms with Gasteiger partial charge in [0.05, 0.1) is 0 Å². The molecule has 100 valence electrons. The Morgan fingerprint density at radius 2 is 2.00 bits per heavy atom. The molecule has 0 aliphatic carbocycles. The van der Waals surface area contributed by atoms with Crippen LogP contribution in [-0.2, 0) is 6.42 Å². The van der Waals surface area contributed by atoms with E-state index in [9.17, 15) is 4.39 Å². The molecular weight excluding hydrogens is 261 g/mol. The van der Waals surface area contributed by atoms with E-state index in [1.54, 1.807) is 6.07 Å². The van der Waals surface area contributed by atoms with Crippen molar-refractivity contribution in [3.8, 4) is 0 Å². The maximum absolute atomic E-state index is 14.0. The first-order chi connectivity index (χ1) is 9.10. The summed E-state index contributed by atoms with van der Waals surface area (Å²) in [5, 5.41) is 3.87. The second-order valence-electron chi connectivity index (χ2n) is 4.70. The lowest BCUT2D eigenvalue weighted by molar-refractivity contribution is 0.533. The van der Waals surface area contributed by atoms with Crippen LogP contribution in [0, 0.1) is 12.7 Å². The number of halogens is 2. The lowest BCUT2D eigenvalue weighted by Gasteiger charge is -2.18. The molecule has 1 atom stereocenters. The molecule has 0 amide bonds. The van der Waals surface area contributed by atoms with Gasteiger partial charge in [0.25, 0.3) is 0 Å². The quantitative estimate of drug-likeness (QED) is 0.879. The first kappa shape index (κ1) is 14.0. The van der Waals surface area contributed by atoms with Gasteiger partial charge in [-0.3, -0.25) is 0 Å². The van der Waals surface area contributed by atoms with Crippen LogP contribution in [0.2, 0.25) is 5.02 Å². The van der Waals surface area contributed by atoms with Gasteiger partial charge in [-0.05, 0) is 49.7 Å². The molecule has 1 nitrogen and oxygen atoms in total. The zero-order valence-corrected chi connectivity index (χ0v) is 11.8. The SMILES string of the molecule is CNC(Cc1cccc(Cl)c1)c1ccc(C)cc1F. The van der Waals surface area contributed by atoms with Crippen LogP contribution in [0.25, 0.3) is 0 Å². The summed E-state index contributed by atoms with van der Waals surface area (Å²) in [4.78, 5) is 0. The third kappa shape index (κ3) is 3.55. The molecule has 0 fully saturated rings. The van der Waals surface area contributed by atoms with Crippen LogP contribution in [0.4, 0.5) is 4.39 Å². The van der Waals surface area contributed by atoms with Gasteiger partial charge in [-0.25, -0.2) is 4.39 Å². The van der Waals surface area contributed by atoms with Crippen molar-refractivity contribution in [2.24, 2.45) is 0 Å². The second kappa shape index (κ2) is 6.18. The summed E-state index contributed by atoms with van der Waals surface area (Å²) in [6.45, 7) is 1.89. The molecule has 1 unspecified atom stereocenters. The van der Waals surface area contributed by atoms with Crippen LogP contribution in [0.5, 0.6) is 0 Å². The van der Waals surface area contributed by atoms with E-state index in [0.29, 0.717) is 17.0 Å². The highest BCUT2D eigenvalue weighted by atomic mass is 35.5. The van der Waals surface area contributed by atoms with Gasteiger partial charge in [0.1, 0.15) is 5.82 Å². The van der Waals surface area contributed by atoms with Crippen molar-refractivity contribution in [3.05, 3.63) is 70.0 Å². The molecule has 0 aliphatic heterocycles. The number of aryl methyl sites for hydroxylation is 1. The van der Waals surface area contributed by atoms with E-state index in [2.05, 4.69) is 5.32 Å². The Hall–Kier alpha value is -1.38. The Morgan fingerprint density at radius 3 is 2.63 bits per heavy atom. The summed E-state index contributed by atoms with van der Waals surface area (Å²) >= 11 is 5.98. The highest BCUT2D eigenvalue weighted by Gasteiger charge is 2.14. The average molecular weight is 278 g/mol. The largest absolute Gasteiger partial charge is 0.313 e. The van der Waals surface area contributed by atoms with Crippen molar-refractivity contribution in [3.63, 3.8) is 0 Å². The highest BCUT2D eigenvalue weighted by Crippen LogP contribution is 2.23. The summed E-state index contributed by atoms with van der Waals surface area (Å²) < 4.78 is 14.0. The molecule has 0 bridgehead atoms. The molecule has 0 aromatic heterocycles. The van der Waals surface area contributed by atoms with Crippen LogP contribution in [-0.4, -0.2) is 7.05 Å². The van der Waals surface area contributed by atoms with Gasteiger partial charge in [-0.1, -0.05) is 35.9 Å². The highest BCUT2D eigenvalue weighted by molar-refractivity contribution is 6.30. The number of rotatable bonds is 4. The van der Waals surface area contributed by atoms with E-state index in [1.165, 1.54) is 0 Å². The Kier molecular flexibility index (Phi) is 4.56. The molecule has 19 heavy (non-hydrogen) atoms. The van der Waals surface area contributed by atoms with Gasteiger partial charge in [-0.15, -0.1) is 0 Å². The first-order valence-electron chi connectivity index (χ1n) is 6.28. The summed E-state index contributed by atoms with van der Waals surface area (Å²) in [6.07, 6.45) is 0.705. The topological polar surface area (TPSA) is 12.0 Å².